The molecule has 0 saturated carbocycles. The number of carbonyl (C=O) groups is 2. The molecule has 45 heavy (non-hydrogen) atoms. The molecular weight excluding hydrogens is 607 g/mol. The van der Waals surface area contributed by atoms with Crippen molar-refractivity contribution in [3.63, 3.8) is 0 Å². The van der Waals surface area contributed by atoms with Gasteiger partial charge >= 0.3 is 24.5 Å². The van der Waals surface area contributed by atoms with Gasteiger partial charge in [-0.05, 0) is 62.4 Å². The van der Waals surface area contributed by atoms with Crippen LogP contribution in [0.4, 0.5) is 32.6 Å². The van der Waals surface area contributed by atoms with Gasteiger partial charge in [-0.15, -0.1) is 8.78 Å². The molecule has 6 rings (SSSR count). The van der Waals surface area contributed by atoms with E-state index in [9.17, 15) is 31.5 Å². The molecule has 3 aliphatic heterocycles. The SMILES string of the molecule is COC(=O)C1CCN(C(=O)N2CCCc3c(C(F)(F)F)nn(-c4cccc(O[C@@H](C)c5ccc6c(c5)OC(F)(F)O6)c4)c32)CC1. The van der Waals surface area contributed by atoms with E-state index in [4.69, 9.17) is 9.47 Å². The zero-order chi connectivity index (χ0) is 32.1. The molecule has 0 bridgehead atoms. The second-order valence-electron chi connectivity index (χ2n) is 11.0. The van der Waals surface area contributed by atoms with Crippen LogP contribution in [0.15, 0.2) is 42.5 Å². The van der Waals surface area contributed by atoms with Crippen molar-refractivity contribution in [2.75, 3.05) is 31.6 Å². The number of piperidine rings is 1. The van der Waals surface area contributed by atoms with Crippen LogP contribution >= 0.6 is 0 Å². The maximum atomic E-state index is 14.2. The smallest absolute Gasteiger partial charge is 0.486 e. The second-order valence-corrected chi connectivity index (χ2v) is 11.0. The number of nitrogens with zero attached hydrogens (tertiary/aromatic N) is 4. The summed E-state index contributed by atoms with van der Waals surface area (Å²) in [6, 6.07) is 9.97. The molecule has 1 fully saturated rings. The van der Waals surface area contributed by atoms with Gasteiger partial charge in [0, 0.05) is 31.3 Å². The topological polar surface area (TPSA) is 95.4 Å². The van der Waals surface area contributed by atoms with Crippen LogP contribution in [-0.2, 0) is 22.1 Å². The van der Waals surface area contributed by atoms with Gasteiger partial charge in [0.25, 0.3) is 0 Å². The molecule has 3 aromatic rings. The number of rotatable bonds is 5. The number of carbonyl (C=O) groups excluding carboxylic acids is 2. The van der Waals surface area contributed by atoms with Crippen molar-refractivity contribution >= 4 is 17.8 Å². The molecule has 1 saturated heterocycles. The van der Waals surface area contributed by atoms with Crippen molar-refractivity contribution in [1.82, 2.24) is 14.7 Å². The monoisotopic (exact) mass is 636 g/mol. The van der Waals surface area contributed by atoms with Crippen molar-refractivity contribution in [3.8, 4) is 22.9 Å². The Kier molecular flexibility index (Phi) is 7.73. The van der Waals surface area contributed by atoms with Crippen LogP contribution in [0.25, 0.3) is 5.69 Å². The zero-order valence-corrected chi connectivity index (χ0v) is 24.3. The number of methoxy groups -OCH3 is 1. The van der Waals surface area contributed by atoms with E-state index in [2.05, 4.69) is 14.6 Å². The lowest BCUT2D eigenvalue weighted by Gasteiger charge is -2.36. The summed E-state index contributed by atoms with van der Waals surface area (Å²) in [6.45, 7) is 2.36. The van der Waals surface area contributed by atoms with E-state index in [1.807, 2.05) is 0 Å². The van der Waals surface area contributed by atoms with Crippen molar-refractivity contribution < 1.29 is 50.5 Å². The highest BCUT2D eigenvalue weighted by atomic mass is 19.4. The normalized spacial score (nSPS) is 18.4. The molecule has 10 nitrogen and oxygen atoms in total. The average Bonchev–Trinajstić information content (AvgIpc) is 3.56. The van der Waals surface area contributed by atoms with Gasteiger partial charge in [-0.3, -0.25) is 9.69 Å². The number of esters is 1. The Morgan fingerprint density at radius 1 is 1.04 bits per heavy atom. The molecule has 3 aliphatic rings. The lowest BCUT2D eigenvalue weighted by atomic mass is 9.97. The molecule has 0 aliphatic carbocycles. The van der Waals surface area contributed by atoms with Gasteiger partial charge < -0.3 is 23.8 Å². The fourth-order valence-corrected chi connectivity index (χ4v) is 5.89. The van der Waals surface area contributed by atoms with Gasteiger partial charge in [0.05, 0.1) is 18.7 Å². The average molecular weight is 637 g/mol. The first kappa shape index (κ1) is 30.5. The molecule has 1 atom stereocenters. The fraction of sp³-hybridized carbons (Fsp3) is 0.433. The van der Waals surface area contributed by atoms with Gasteiger partial charge in [-0.2, -0.15) is 18.3 Å². The lowest BCUT2D eigenvalue weighted by molar-refractivity contribution is -0.286. The van der Waals surface area contributed by atoms with Crippen LogP contribution in [0.3, 0.4) is 0 Å². The van der Waals surface area contributed by atoms with E-state index in [-0.39, 0.29) is 72.3 Å². The highest BCUT2D eigenvalue weighted by Crippen LogP contribution is 2.43. The number of benzene rings is 2. The number of hydrogen-bond donors (Lipinski definition) is 0. The first-order valence-electron chi connectivity index (χ1n) is 14.3. The summed E-state index contributed by atoms with van der Waals surface area (Å²) in [5, 5.41) is 3.95. The molecule has 4 heterocycles. The molecule has 2 aromatic carbocycles. The van der Waals surface area contributed by atoms with E-state index >= 15 is 0 Å². The Morgan fingerprint density at radius 3 is 2.49 bits per heavy atom. The number of likely N-dealkylation sites (tertiary alicyclic amines) is 1. The van der Waals surface area contributed by atoms with Gasteiger partial charge in [0.1, 0.15) is 17.7 Å². The Hall–Kier alpha value is -4.56. The second kappa shape index (κ2) is 11.4. The molecule has 0 spiro atoms. The van der Waals surface area contributed by atoms with Crippen LogP contribution in [0.2, 0.25) is 0 Å². The predicted octanol–water partition coefficient (Wildman–Crippen LogP) is 6.11. The summed E-state index contributed by atoms with van der Waals surface area (Å²) >= 11 is 0. The van der Waals surface area contributed by atoms with Crippen molar-refractivity contribution in [2.24, 2.45) is 5.92 Å². The highest BCUT2D eigenvalue weighted by Gasteiger charge is 2.44. The first-order valence-corrected chi connectivity index (χ1v) is 14.3. The van der Waals surface area contributed by atoms with Crippen molar-refractivity contribution in [3.05, 3.63) is 59.3 Å². The van der Waals surface area contributed by atoms with Crippen LogP contribution < -0.4 is 19.1 Å². The van der Waals surface area contributed by atoms with Crippen molar-refractivity contribution in [1.29, 1.82) is 0 Å². The third kappa shape index (κ3) is 5.94. The highest BCUT2D eigenvalue weighted by molar-refractivity contribution is 5.93. The molecule has 0 unspecified atom stereocenters. The van der Waals surface area contributed by atoms with Gasteiger partial charge in [-0.25, -0.2) is 9.48 Å². The molecule has 15 heteroatoms. The largest absolute Gasteiger partial charge is 0.586 e. The Balaban J connectivity index is 1.29. The van der Waals surface area contributed by atoms with E-state index in [0.29, 0.717) is 24.8 Å². The number of alkyl halides is 5. The van der Waals surface area contributed by atoms with Crippen LogP contribution in [0, 0.1) is 5.92 Å². The summed E-state index contributed by atoms with van der Waals surface area (Å²) in [6.07, 6.45) is -8.05. The maximum Gasteiger partial charge on any atom is 0.586 e. The first-order chi connectivity index (χ1) is 21.3. The summed E-state index contributed by atoms with van der Waals surface area (Å²) in [5.41, 5.74) is -0.440. The number of hydrogen-bond acceptors (Lipinski definition) is 7. The Morgan fingerprint density at radius 2 is 1.78 bits per heavy atom. The molecule has 2 amide bonds. The summed E-state index contributed by atoms with van der Waals surface area (Å²) in [5.74, 6) is -0.679. The maximum absolute atomic E-state index is 14.2. The predicted molar refractivity (Wildman–Crippen MR) is 148 cm³/mol. The Labute approximate surface area is 254 Å². The number of aromatic nitrogens is 2. The number of halogens is 5. The fourth-order valence-electron chi connectivity index (χ4n) is 5.89. The molecular formula is C30H29F5N4O6. The van der Waals surface area contributed by atoms with E-state index < -0.39 is 30.3 Å². The lowest BCUT2D eigenvalue weighted by Crippen LogP contribution is -2.49. The quantitative estimate of drug-likeness (QED) is 0.246. The number of ether oxygens (including phenoxy) is 4. The minimum absolute atomic E-state index is 0.0237. The Bertz CT molecular complexity index is 1620. The number of anilines is 1. The zero-order valence-electron chi connectivity index (χ0n) is 24.3. The van der Waals surface area contributed by atoms with Gasteiger partial charge in [-0.1, -0.05) is 12.1 Å². The minimum Gasteiger partial charge on any atom is -0.486 e. The van der Waals surface area contributed by atoms with Crippen molar-refractivity contribution in [2.45, 2.75) is 51.2 Å². The summed E-state index contributed by atoms with van der Waals surface area (Å²) in [4.78, 5) is 28.5. The molecule has 240 valence electrons. The number of urea groups is 1. The van der Waals surface area contributed by atoms with Gasteiger partial charge in [0.2, 0.25) is 0 Å². The van der Waals surface area contributed by atoms with E-state index in [0.717, 1.165) is 4.68 Å². The summed E-state index contributed by atoms with van der Waals surface area (Å²) in [7, 11) is 1.30. The summed E-state index contributed by atoms with van der Waals surface area (Å²) < 4.78 is 90.4. The number of fused-ring (bicyclic) bond motifs is 2. The number of amides is 2. The van der Waals surface area contributed by atoms with E-state index in [1.165, 1.54) is 41.2 Å². The van der Waals surface area contributed by atoms with E-state index in [1.54, 1.807) is 25.1 Å². The molecule has 0 N–H and O–H groups in total. The third-order valence-corrected chi connectivity index (χ3v) is 8.09. The van der Waals surface area contributed by atoms with Crippen LogP contribution in [0.5, 0.6) is 17.2 Å². The third-order valence-electron chi connectivity index (χ3n) is 8.09. The molecule has 0 radical (unpaired) electrons. The van der Waals surface area contributed by atoms with Crippen LogP contribution in [0.1, 0.15) is 49.1 Å². The van der Waals surface area contributed by atoms with Crippen LogP contribution in [-0.4, -0.2) is 59.7 Å². The minimum atomic E-state index is -4.76. The molecule has 1 aromatic heterocycles. The standard InChI is InChI=1S/C30H29F5N4O6/c1-17(19-8-9-23-24(15-19)45-30(34,35)44-23)43-21-6-3-5-20(16-21)39-26-22(25(36-39)29(31,32)33)7-4-12-38(26)28(41)37-13-10-18(11-14-37)27(40)42-2/h3,5-6,8-9,15-18H,4,7,10-14H2,1-2H3/t17-/m0/s1. The van der Waals surface area contributed by atoms with Gasteiger partial charge in [0.15, 0.2) is 17.2 Å².